The number of ether oxygens (including phenoxy) is 1. The number of anilines is 1. The molecule has 7 nitrogen and oxygen atoms in total. The van der Waals surface area contributed by atoms with E-state index in [-0.39, 0.29) is 12.5 Å². The maximum absolute atomic E-state index is 13.1. The van der Waals surface area contributed by atoms with E-state index in [0.717, 1.165) is 4.57 Å². The third kappa shape index (κ3) is 3.74. The lowest BCUT2D eigenvalue weighted by Crippen LogP contribution is -2.43. The molecule has 1 N–H and O–H groups in total. The van der Waals surface area contributed by atoms with Crippen molar-refractivity contribution < 1.29 is 9.53 Å². The van der Waals surface area contributed by atoms with Crippen LogP contribution in [0.15, 0.2) is 45.1 Å². The van der Waals surface area contributed by atoms with E-state index in [1.54, 1.807) is 38.2 Å². The quantitative estimate of drug-likeness (QED) is 0.773. The number of benzene rings is 1. The lowest BCUT2D eigenvalue weighted by atomic mass is 9.82. The first-order valence-corrected chi connectivity index (χ1v) is 9.71. The van der Waals surface area contributed by atoms with Crippen LogP contribution in [0.1, 0.15) is 37.8 Å². The molecule has 154 valence electrons. The van der Waals surface area contributed by atoms with Crippen molar-refractivity contribution in [3.8, 4) is 0 Å². The summed E-state index contributed by atoms with van der Waals surface area (Å²) in [4.78, 5) is 38.5. The van der Waals surface area contributed by atoms with Gasteiger partial charge in [0.05, 0.1) is 23.7 Å². The van der Waals surface area contributed by atoms with Crippen molar-refractivity contribution in [2.45, 2.75) is 26.7 Å². The van der Waals surface area contributed by atoms with E-state index in [4.69, 9.17) is 16.3 Å². The van der Waals surface area contributed by atoms with Crippen LogP contribution < -0.4 is 16.6 Å². The Hall–Kier alpha value is -2.80. The molecular weight excluding hydrogens is 394 g/mol. The van der Waals surface area contributed by atoms with Gasteiger partial charge in [-0.25, -0.2) is 9.59 Å². The number of hydrogen-bond donors (Lipinski definition) is 1. The van der Waals surface area contributed by atoms with Gasteiger partial charge in [-0.1, -0.05) is 37.6 Å². The van der Waals surface area contributed by atoms with Crippen LogP contribution in [-0.4, -0.2) is 21.7 Å². The molecule has 2 aromatic rings. The minimum atomic E-state index is -0.713. The molecule has 29 heavy (non-hydrogen) atoms. The molecule has 0 bridgehead atoms. The first-order chi connectivity index (χ1) is 13.6. The third-order valence-corrected chi connectivity index (χ3v) is 5.17. The number of hydrogen-bond acceptors (Lipinski definition) is 5. The highest BCUT2D eigenvalue weighted by atomic mass is 35.5. The van der Waals surface area contributed by atoms with Crippen molar-refractivity contribution in [3.05, 3.63) is 72.5 Å². The van der Waals surface area contributed by atoms with Gasteiger partial charge in [-0.3, -0.25) is 13.9 Å². The van der Waals surface area contributed by atoms with Gasteiger partial charge >= 0.3 is 11.7 Å². The number of carbonyl (C=O) groups excluding carboxylic acids is 1. The van der Waals surface area contributed by atoms with Crippen molar-refractivity contribution in [1.82, 2.24) is 9.13 Å². The summed E-state index contributed by atoms with van der Waals surface area (Å²) in [7, 11) is 3.00. The lowest BCUT2D eigenvalue weighted by Gasteiger charge is -2.31. The first-order valence-electron chi connectivity index (χ1n) is 9.33. The van der Waals surface area contributed by atoms with Crippen LogP contribution in [0, 0.1) is 5.92 Å². The van der Waals surface area contributed by atoms with Gasteiger partial charge in [0, 0.05) is 24.8 Å². The number of fused-ring (bicyclic) bond motifs is 1. The van der Waals surface area contributed by atoms with Crippen LogP contribution in [0.2, 0.25) is 5.02 Å². The number of carbonyl (C=O) groups is 1. The molecule has 1 aliphatic heterocycles. The molecule has 0 saturated heterocycles. The Labute approximate surface area is 173 Å². The molecule has 1 atom stereocenters. The monoisotopic (exact) mass is 417 g/mol. The van der Waals surface area contributed by atoms with E-state index in [9.17, 15) is 14.4 Å². The number of allylic oxidation sites excluding steroid dienone is 1. The minimum Gasteiger partial charge on any atom is -0.462 e. The van der Waals surface area contributed by atoms with Gasteiger partial charge in [0.15, 0.2) is 0 Å². The van der Waals surface area contributed by atoms with Gasteiger partial charge in [0.1, 0.15) is 5.82 Å². The zero-order valence-electron chi connectivity index (χ0n) is 17.1. The summed E-state index contributed by atoms with van der Waals surface area (Å²) in [6, 6.07) is 7.01. The average Bonchev–Trinajstić information content (AvgIpc) is 2.67. The Balaban J connectivity index is 2.30. The summed E-state index contributed by atoms with van der Waals surface area (Å²) < 4.78 is 7.89. The van der Waals surface area contributed by atoms with Crippen molar-refractivity contribution in [2.24, 2.45) is 20.0 Å². The van der Waals surface area contributed by atoms with Crippen molar-refractivity contribution >= 4 is 23.4 Å². The normalized spacial score (nSPS) is 15.9. The maximum atomic E-state index is 13.1. The minimum absolute atomic E-state index is 0.169. The van der Waals surface area contributed by atoms with E-state index in [1.165, 1.54) is 11.6 Å². The molecule has 0 unspecified atom stereocenters. The molecule has 0 fully saturated rings. The zero-order valence-corrected chi connectivity index (χ0v) is 17.8. The Morgan fingerprint density at radius 1 is 1.24 bits per heavy atom. The Kier molecular flexibility index (Phi) is 5.71. The van der Waals surface area contributed by atoms with Crippen LogP contribution in [0.25, 0.3) is 0 Å². The molecule has 0 amide bonds. The van der Waals surface area contributed by atoms with Crippen molar-refractivity contribution in [2.75, 3.05) is 11.9 Å². The summed E-state index contributed by atoms with van der Waals surface area (Å²) in [5.74, 6) is -0.687. The van der Waals surface area contributed by atoms with E-state index in [0.29, 0.717) is 33.2 Å². The summed E-state index contributed by atoms with van der Waals surface area (Å²) in [5.41, 5.74) is 0.911. The molecule has 8 heteroatoms. The fraction of sp³-hybridized carbons (Fsp3) is 0.381. The molecule has 3 rings (SSSR count). The predicted octanol–water partition coefficient (Wildman–Crippen LogP) is 2.77. The Morgan fingerprint density at radius 2 is 1.93 bits per heavy atom. The van der Waals surface area contributed by atoms with E-state index in [2.05, 4.69) is 5.32 Å². The molecular formula is C21H24ClN3O4. The molecule has 1 aromatic heterocycles. The number of esters is 1. The van der Waals surface area contributed by atoms with Gasteiger partial charge < -0.3 is 10.1 Å². The van der Waals surface area contributed by atoms with E-state index < -0.39 is 23.1 Å². The summed E-state index contributed by atoms with van der Waals surface area (Å²) in [6.07, 6.45) is 0. The van der Waals surface area contributed by atoms with E-state index >= 15 is 0 Å². The molecule has 0 spiro atoms. The van der Waals surface area contributed by atoms with Gasteiger partial charge in [-0.2, -0.15) is 0 Å². The van der Waals surface area contributed by atoms with Gasteiger partial charge in [0.2, 0.25) is 0 Å². The fourth-order valence-electron chi connectivity index (χ4n) is 3.50. The largest absolute Gasteiger partial charge is 0.462 e. The number of nitrogens with zero attached hydrogens (tertiary/aromatic N) is 2. The predicted molar refractivity (Wildman–Crippen MR) is 112 cm³/mol. The van der Waals surface area contributed by atoms with E-state index in [1.807, 2.05) is 13.8 Å². The highest BCUT2D eigenvalue weighted by Crippen LogP contribution is 2.40. The fourth-order valence-corrected chi connectivity index (χ4v) is 3.70. The Bertz CT molecular complexity index is 1130. The lowest BCUT2D eigenvalue weighted by molar-refractivity contribution is -0.140. The second kappa shape index (κ2) is 7.91. The van der Waals surface area contributed by atoms with Gasteiger partial charge in [-0.15, -0.1) is 0 Å². The second-order valence-electron chi connectivity index (χ2n) is 7.61. The first kappa shape index (κ1) is 20.9. The summed E-state index contributed by atoms with van der Waals surface area (Å²) >= 11 is 6.20. The maximum Gasteiger partial charge on any atom is 0.336 e. The van der Waals surface area contributed by atoms with Crippen LogP contribution in [-0.2, 0) is 23.6 Å². The van der Waals surface area contributed by atoms with Crippen LogP contribution in [0.3, 0.4) is 0 Å². The second-order valence-corrected chi connectivity index (χ2v) is 8.05. The smallest absolute Gasteiger partial charge is 0.336 e. The topological polar surface area (TPSA) is 82.3 Å². The molecule has 0 radical (unpaired) electrons. The molecule has 0 aliphatic carbocycles. The number of aromatic nitrogens is 2. The summed E-state index contributed by atoms with van der Waals surface area (Å²) in [5, 5.41) is 3.55. The molecule has 1 aromatic carbocycles. The van der Waals surface area contributed by atoms with Crippen molar-refractivity contribution in [3.63, 3.8) is 0 Å². The van der Waals surface area contributed by atoms with Crippen molar-refractivity contribution in [1.29, 1.82) is 0 Å². The van der Waals surface area contributed by atoms with Crippen LogP contribution in [0.4, 0.5) is 5.82 Å². The van der Waals surface area contributed by atoms with Gasteiger partial charge in [0.25, 0.3) is 5.56 Å². The zero-order chi connectivity index (χ0) is 21.5. The highest BCUT2D eigenvalue weighted by Gasteiger charge is 2.37. The SMILES string of the molecule is CC1=C(C(=O)OCC(C)C)[C@H](c2cccc(Cl)c2)c2c(n(C)c(=O)n(C)c2=O)N1. The number of nitrogens with one attached hydrogen (secondary N) is 1. The standard InChI is InChI=1S/C21H24ClN3O4/c1-11(2)10-29-20(27)15-12(3)23-18-17(19(26)25(5)21(28)24(18)4)16(15)13-7-6-8-14(22)9-13/h6-9,11,16,23H,10H2,1-5H3/t16-/m0/s1. The number of rotatable bonds is 4. The molecule has 2 heterocycles. The molecule has 0 saturated carbocycles. The van der Waals surface area contributed by atoms with Crippen LogP contribution >= 0.6 is 11.6 Å². The summed E-state index contributed by atoms with van der Waals surface area (Å²) in [6.45, 7) is 5.89. The number of halogens is 1. The third-order valence-electron chi connectivity index (χ3n) is 4.94. The highest BCUT2D eigenvalue weighted by molar-refractivity contribution is 6.30. The Morgan fingerprint density at radius 3 is 2.55 bits per heavy atom. The van der Waals surface area contributed by atoms with Gasteiger partial charge in [-0.05, 0) is 30.5 Å². The molecule has 1 aliphatic rings. The van der Waals surface area contributed by atoms with Crippen LogP contribution in [0.5, 0.6) is 0 Å². The average molecular weight is 418 g/mol.